The van der Waals surface area contributed by atoms with Gasteiger partial charge in [0.15, 0.2) is 0 Å². The van der Waals surface area contributed by atoms with E-state index >= 15 is 0 Å². The Morgan fingerprint density at radius 1 is 1.05 bits per heavy atom. The second-order valence-corrected chi connectivity index (χ2v) is 7.28. The molecular formula is C14H15NO2S2. The normalized spacial score (nSPS) is 13.6. The molecule has 0 aromatic heterocycles. The molecule has 0 aliphatic rings. The highest BCUT2D eigenvalue weighted by molar-refractivity contribution is 8.07. The summed E-state index contributed by atoms with van der Waals surface area (Å²) >= 11 is 1.24. The van der Waals surface area contributed by atoms with E-state index in [0.29, 0.717) is 0 Å². The van der Waals surface area contributed by atoms with Gasteiger partial charge in [-0.25, -0.2) is 4.21 Å². The lowest BCUT2D eigenvalue weighted by Gasteiger charge is -2.04. The summed E-state index contributed by atoms with van der Waals surface area (Å²) in [5.41, 5.74) is 0. The van der Waals surface area contributed by atoms with Crippen molar-refractivity contribution in [3.05, 3.63) is 54.6 Å². The van der Waals surface area contributed by atoms with Crippen LogP contribution in [0.2, 0.25) is 0 Å². The van der Waals surface area contributed by atoms with Gasteiger partial charge in [-0.3, -0.25) is 0 Å². The van der Waals surface area contributed by atoms with E-state index in [0.717, 1.165) is 15.5 Å². The van der Waals surface area contributed by atoms with Gasteiger partial charge in [0.25, 0.3) is 0 Å². The Balaban J connectivity index is 2.19. The zero-order chi connectivity index (χ0) is 13.7. The van der Waals surface area contributed by atoms with E-state index < -0.39 is 9.73 Å². The number of nitrogens with zero attached hydrogens (tertiary/aromatic N) is 1. The Kier molecular flexibility index (Phi) is 4.50. The van der Waals surface area contributed by atoms with E-state index in [2.05, 4.69) is 3.77 Å². The highest BCUT2D eigenvalue weighted by atomic mass is 32.2. The van der Waals surface area contributed by atoms with Crippen LogP contribution in [0.25, 0.3) is 0 Å². The van der Waals surface area contributed by atoms with E-state index in [1.54, 1.807) is 13.4 Å². The molecule has 0 bridgehead atoms. The van der Waals surface area contributed by atoms with Crippen molar-refractivity contribution in [3.8, 4) is 5.75 Å². The number of rotatable bonds is 4. The molecule has 0 amide bonds. The van der Waals surface area contributed by atoms with E-state index in [9.17, 15) is 4.21 Å². The van der Waals surface area contributed by atoms with Crippen LogP contribution < -0.4 is 4.74 Å². The third-order valence-electron chi connectivity index (χ3n) is 2.52. The number of ether oxygens (including phenoxy) is 1. The molecule has 0 saturated carbocycles. The maximum absolute atomic E-state index is 12.5. The van der Waals surface area contributed by atoms with Crippen LogP contribution in [0.1, 0.15) is 0 Å². The molecule has 3 nitrogen and oxygen atoms in total. The summed E-state index contributed by atoms with van der Waals surface area (Å²) in [5.74, 6) is 0.796. The maximum Gasteiger partial charge on any atom is 0.118 e. The molecule has 2 rings (SSSR count). The van der Waals surface area contributed by atoms with Gasteiger partial charge in [-0.1, -0.05) is 18.2 Å². The van der Waals surface area contributed by atoms with Crippen molar-refractivity contribution in [1.29, 1.82) is 0 Å². The predicted octanol–water partition coefficient (Wildman–Crippen LogP) is 3.86. The lowest BCUT2D eigenvalue weighted by molar-refractivity contribution is 0.414. The van der Waals surface area contributed by atoms with Gasteiger partial charge >= 0.3 is 0 Å². The van der Waals surface area contributed by atoms with Gasteiger partial charge in [-0.2, -0.15) is 3.77 Å². The van der Waals surface area contributed by atoms with Gasteiger partial charge in [0.2, 0.25) is 0 Å². The summed E-state index contributed by atoms with van der Waals surface area (Å²) in [6.45, 7) is 0. The second kappa shape index (κ2) is 6.12. The zero-order valence-corrected chi connectivity index (χ0v) is 12.4. The van der Waals surface area contributed by atoms with Crippen molar-refractivity contribution in [3.63, 3.8) is 0 Å². The van der Waals surface area contributed by atoms with Gasteiger partial charge in [0, 0.05) is 28.0 Å². The maximum atomic E-state index is 12.5. The van der Waals surface area contributed by atoms with Crippen LogP contribution >= 0.6 is 11.9 Å². The minimum absolute atomic E-state index is 0.746. The highest BCUT2D eigenvalue weighted by Gasteiger charge is 2.05. The molecular weight excluding hydrogens is 278 g/mol. The molecule has 0 N–H and O–H groups in total. The van der Waals surface area contributed by atoms with Gasteiger partial charge in [-0.05, 0) is 36.4 Å². The molecule has 19 heavy (non-hydrogen) atoms. The minimum Gasteiger partial charge on any atom is -0.497 e. The first kappa shape index (κ1) is 14.0. The lowest BCUT2D eigenvalue weighted by Crippen LogP contribution is -1.95. The van der Waals surface area contributed by atoms with Crippen molar-refractivity contribution >= 4 is 21.7 Å². The molecule has 0 aliphatic carbocycles. The molecule has 1 unspecified atom stereocenters. The third kappa shape index (κ3) is 3.75. The summed E-state index contributed by atoms with van der Waals surface area (Å²) in [5, 5.41) is 0. The number of benzene rings is 2. The summed E-state index contributed by atoms with van der Waals surface area (Å²) in [4.78, 5) is 1.68. The molecule has 0 fully saturated rings. The number of methoxy groups -OCH3 is 1. The molecule has 0 radical (unpaired) electrons. The van der Waals surface area contributed by atoms with Gasteiger partial charge in [0.1, 0.15) is 5.75 Å². The van der Waals surface area contributed by atoms with Crippen LogP contribution in [0.15, 0.2) is 68.2 Å². The Morgan fingerprint density at radius 2 is 1.68 bits per heavy atom. The molecule has 0 spiro atoms. The topological polar surface area (TPSA) is 38.7 Å². The van der Waals surface area contributed by atoms with E-state index in [4.69, 9.17) is 4.74 Å². The summed E-state index contributed by atoms with van der Waals surface area (Å²) in [7, 11) is -0.742. The van der Waals surface area contributed by atoms with E-state index in [1.807, 2.05) is 54.6 Å². The first-order valence-electron chi connectivity index (χ1n) is 5.69. The number of hydrogen-bond acceptors (Lipinski definition) is 4. The van der Waals surface area contributed by atoms with Crippen molar-refractivity contribution in [2.45, 2.75) is 9.79 Å². The molecule has 100 valence electrons. The largest absolute Gasteiger partial charge is 0.497 e. The Labute approximate surface area is 118 Å². The Hall–Kier alpha value is -1.46. The fourth-order valence-corrected chi connectivity index (χ4v) is 3.64. The van der Waals surface area contributed by atoms with Crippen LogP contribution in [-0.2, 0) is 9.73 Å². The van der Waals surface area contributed by atoms with E-state index in [-0.39, 0.29) is 0 Å². The fraction of sp³-hybridized carbons (Fsp3) is 0.143. The monoisotopic (exact) mass is 293 g/mol. The first-order chi connectivity index (χ1) is 9.12. The average molecular weight is 293 g/mol. The van der Waals surface area contributed by atoms with Crippen molar-refractivity contribution in [1.82, 2.24) is 0 Å². The van der Waals surface area contributed by atoms with Gasteiger partial charge < -0.3 is 4.74 Å². The van der Waals surface area contributed by atoms with Crippen LogP contribution in [0.5, 0.6) is 5.75 Å². The predicted molar refractivity (Wildman–Crippen MR) is 80.1 cm³/mol. The quantitative estimate of drug-likeness (QED) is 0.803. The number of hydrogen-bond donors (Lipinski definition) is 0. The molecule has 2 aromatic rings. The van der Waals surface area contributed by atoms with Crippen LogP contribution in [-0.4, -0.2) is 17.6 Å². The average Bonchev–Trinajstić information content (AvgIpc) is 2.47. The minimum atomic E-state index is -2.37. The summed E-state index contributed by atoms with van der Waals surface area (Å²) in [6, 6.07) is 16.8. The fourth-order valence-electron chi connectivity index (χ4n) is 1.47. The van der Waals surface area contributed by atoms with Crippen molar-refractivity contribution in [2.24, 2.45) is 3.77 Å². The second-order valence-electron chi connectivity index (χ2n) is 3.96. The Morgan fingerprint density at radius 3 is 2.26 bits per heavy atom. The van der Waals surface area contributed by atoms with Crippen molar-refractivity contribution in [2.75, 3.05) is 13.4 Å². The van der Waals surface area contributed by atoms with Crippen molar-refractivity contribution < 1.29 is 8.95 Å². The van der Waals surface area contributed by atoms with Gasteiger partial charge in [-0.15, -0.1) is 0 Å². The molecule has 0 heterocycles. The third-order valence-corrected chi connectivity index (χ3v) is 5.59. The molecule has 2 aromatic carbocycles. The van der Waals surface area contributed by atoms with Gasteiger partial charge in [0.05, 0.1) is 16.8 Å². The van der Waals surface area contributed by atoms with E-state index in [1.165, 1.54) is 11.9 Å². The van der Waals surface area contributed by atoms with Crippen LogP contribution in [0.3, 0.4) is 0 Å². The zero-order valence-electron chi connectivity index (χ0n) is 10.8. The van der Waals surface area contributed by atoms with Crippen LogP contribution in [0.4, 0.5) is 0 Å². The SMILES string of the molecule is COc1ccc(SN=S(C)(=O)c2ccccc2)cc1. The molecule has 0 aliphatic heterocycles. The summed E-state index contributed by atoms with van der Waals surface area (Å²) in [6.07, 6.45) is 1.65. The summed E-state index contributed by atoms with van der Waals surface area (Å²) < 4.78 is 21.8. The molecule has 0 saturated heterocycles. The van der Waals surface area contributed by atoms with Crippen LogP contribution in [0, 0.1) is 0 Å². The Bertz CT molecular complexity index is 645. The standard InChI is InChI=1S/C14H15NO2S2/c1-17-12-8-10-13(11-9-12)18-15-19(2,16)14-6-4-3-5-7-14/h3-11H,1-2H3. The first-order valence-corrected chi connectivity index (χ1v) is 8.39. The molecule has 1 atom stereocenters. The lowest BCUT2D eigenvalue weighted by atomic mass is 10.3. The highest BCUT2D eigenvalue weighted by Crippen LogP contribution is 2.25. The molecule has 5 heteroatoms. The smallest absolute Gasteiger partial charge is 0.118 e.